The molecule has 5 heteroatoms. The van der Waals surface area contributed by atoms with Gasteiger partial charge in [-0.2, -0.15) is 0 Å². The molecule has 0 heterocycles. The molecule has 0 bridgehead atoms. The van der Waals surface area contributed by atoms with Gasteiger partial charge in [-0.25, -0.2) is 0 Å². The van der Waals surface area contributed by atoms with E-state index in [-0.39, 0.29) is 12.5 Å². The average molecular weight is 322 g/mol. The van der Waals surface area contributed by atoms with Crippen LogP contribution in [0.15, 0.2) is 53.4 Å². The van der Waals surface area contributed by atoms with Crippen LogP contribution in [0.2, 0.25) is 5.02 Å². The molecule has 0 spiro atoms. The second-order valence-electron chi connectivity index (χ2n) is 4.22. The van der Waals surface area contributed by atoms with Gasteiger partial charge >= 0.3 is 0 Å². The van der Waals surface area contributed by atoms with Crippen LogP contribution in [-0.2, 0) is 4.79 Å². The van der Waals surface area contributed by atoms with E-state index in [0.717, 1.165) is 16.3 Å². The van der Waals surface area contributed by atoms with Crippen molar-refractivity contribution in [3.05, 3.63) is 53.6 Å². The predicted octanol–water partition coefficient (Wildman–Crippen LogP) is 4.47. The van der Waals surface area contributed by atoms with Crippen molar-refractivity contribution >= 4 is 35.0 Å². The number of nitrogens with one attached hydrogen (secondary N) is 1. The molecule has 3 nitrogen and oxygen atoms in total. The number of hydrogen-bond donors (Lipinski definition) is 1. The van der Waals surface area contributed by atoms with E-state index >= 15 is 0 Å². The maximum absolute atomic E-state index is 11.9. The maximum Gasteiger partial charge on any atom is 0.262 e. The molecule has 0 aliphatic heterocycles. The molecular formula is C16H16ClNO2S. The van der Waals surface area contributed by atoms with E-state index in [4.69, 9.17) is 16.3 Å². The smallest absolute Gasteiger partial charge is 0.262 e. The van der Waals surface area contributed by atoms with Crippen molar-refractivity contribution in [2.75, 3.05) is 17.7 Å². The third kappa shape index (κ3) is 4.99. The molecule has 2 aromatic rings. The Morgan fingerprint density at radius 3 is 2.62 bits per heavy atom. The number of thioether (sulfide) groups is 1. The van der Waals surface area contributed by atoms with Crippen molar-refractivity contribution in [2.24, 2.45) is 0 Å². The molecule has 2 aromatic carbocycles. The first-order valence-corrected chi connectivity index (χ1v) is 7.95. The van der Waals surface area contributed by atoms with Crippen LogP contribution in [0.25, 0.3) is 0 Å². The third-order valence-electron chi connectivity index (χ3n) is 2.64. The zero-order valence-electron chi connectivity index (χ0n) is 11.6. The minimum atomic E-state index is -0.186. The zero-order chi connectivity index (χ0) is 15.1. The summed E-state index contributed by atoms with van der Waals surface area (Å²) in [6, 6.07) is 14.6. The van der Waals surface area contributed by atoms with Gasteiger partial charge in [-0.15, -0.1) is 11.8 Å². The average Bonchev–Trinajstić information content (AvgIpc) is 2.49. The summed E-state index contributed by atoms with van der Waals surface area (Å²) in [7, 11) is 0. The molecule has 21 heavy (non-hydrogen) atoms. The second-order valence-corrected chi connectivity index (χ2v) is 5.96. The molecule has 2 rings (SSSR count). The number of amides is 1. The first-order chi connectivity index (χ1) is 10.2. The van der Waals surface area contributed by atoms with E-state index in [1.54, 1.807) is 36.0 Å². The van der Waals surface area contributed by atoms with Crippen molar-refractivity contribution in [1.29, 1.82) is 0 Å². The van der Waals surface area contributed by atoms with Crippen molar-refractivity contribution in [3.8, 4) is 5.75 Å². The summed E-state index contributed by atoms with van der Waals surface area (Å²) in [5.74, 6) is 1.38. The van der Waals surface area contributed by atoms with E-state index in [0.29, 0.717) is 10.8 Å². The lowest BCUT2D eigenvalue weighted by Gasteiger charge is -2.10. The van der Waals surface area contributed by atoms with Gasteiger partial charge in [-0.05, 0) is 42.2 Å². The monoisotopic (exact) mass is 321 g/mol. The van der Waals surface area contributed by atoms with Gasteiger partial charge in [0.1, 0.15) is 5.75 Å². The fraction of sp³-hybridized carbons (Fsp3) is 0.188. The van der Waals surface area contributed by atoms with Gasteiger partial charge in [0.2, 0.25) is 0 Å². The van der Waals surface area contributed by atoms with Gasteiger partial charge in [-0.3, -0.25) is 4.79 Å². The molecule has 0 radical (unpaired) electrons. The molecule has 0 atom stereocenters. The van der Waals surface area contributed by atoms with E-state index < -0.39 is 0 Å². The highest BCUT2D eigenvalue weighted by Crippen LogP contribution is 2.26. The largest absolute Gasteiger partial charge is 0.484 e. The lowest BCUT2D eigenvalue weighted by atomic mass is 10.3. The topological polar surface area (TPSA) is 38.3 Å². The van der Waals surface area contributed by atoms with E-state index in [1.807, 2.05) is 24.3 Å². The molecule has 1 amide bonds. The Bertz CT molecular complexity index is 601. The Labute approximate surface area is 133 Å². The molecule has 0 fully saturated rings. The van der Waals surface area contributed by atoms with Crippen LogP contribution in [0.3, 0.4) is 0 Å². The van der Waals surface area contributed by atoms with Gasteiger partial charge in [0.25, 0.3) is 5.91 Å². The Morgan fingerprint density at radius 1 is 1.19 bits per heavy atom. The van der Waals surface area contributed by atoms with Crippen LogP contribution in [0.1, 0.15) is 6.92 Å². The van der Waals surface area contributed by atoms with Gasteiger partial charge < -0.3 is 10.1 Å². The van der Waals surface area contributed by atoms with Gasteiger partial charge in [0.05, 0.1) is 5.69 Å². The molecule has 0 saturated carbocycles. The van der Waals surface area contributed by atoms with Gasteiger partial charge in [0, 0.05) is 9.92 Å². The summed E-state index contributed by atoms with van der Waals surface area (Å²) in [6.07, 6.45) is 0. The molecular weight excluding hydrogens is 306 g/mol. The number of para-hydroxylation sites is 1. The number of rotatable bonds is 6. The predicted molar refractivity (Wildman–Crippen MR) is 88.4 cm³/mol. The Balaban J connectivity index is 1.91. The van der Waals surface area contributed by atoms with Crippen molar-refractivity contribution in [3.63, 3.8) is 0 Å². The summed E-state index contributed by atoms with van der Waals surface area (Å²) < 4.78 is 5.42. The minimum Gasteiger partial charge on any atom is -0.484 e. The fourth-order valence-corrected chi connectivity index (χ4v) is 2.60. The Hall–Kier alpha value is -1.65. The summed E-state index contributed by atoms with van der Waals surface area (Å²) >= 11 is 7.48. The molecule has 0 aliphatic carbocycles. The summed E-state index contributed by atoms with van der Waals surface area (Å²) in [4.78, 5) is 13.0. The normalized spacial score (nSPS) is 10.2. The lowest BCUT2D eigenvalue weighted by molar-refractivity contribution is -0.118. The molecule has 0 aromatic heterocycles. The fourth-order valence-electron chi connectivity index (χ4n) is 1.72. The van der Waals surface area contributed by atoms with Crippen molar-refractivity contribution in [1.82, 2.24) is 0 Å². The number of halogens is 1. The summed E-state index contributed by atoms with van der Waals surface area (Å²) in [5, 5.41) is 3.50. The number of anilines is 1. The van der Waals surface area contributed by atoms with E-state index in [1.165, 1.54) is 0 Å². The second kappa shape index (κ2) is 7.96. The number of carbonyl (C=O) groups is 1. The van der Waals surface area contributed by atoms with Crippen LogP contribution >= 0.6 is 23.4 Å². The number of hydrogen-bond acceptors (Lipinski definition) is 3. The lowest BCUT2D eigenvalue weighted by Crippen LogP contribution is -2.20. The van der Waals surface area contributed by atoms with Crippen LogP contribution in [0.5, 0.6) is 5.75 Å². The van der Waals surface area contributed by atoms with Gasteiger partial charge in [-0.1, -0.05) is 30.7 Å². The highest BCUT2D eigenvalue weighted by molar-refractivity contribution is 7.99. The number of benzene rings is 2. The van der Waals surface area contributed by atoms with Gasteiger partial charge in [0.15, 0.2) is 6.61 Å². The Kier molecular flexibility index (Phi) is 5.96. The first kappa shape index (κ1) is 15.7. The minimum absolute atomic E-state index is 0.0350. The van der Waals surface area contributed by atoms with E-state index in [2.05, 4.69) is 12.2 Å². The highest BCUT2D eigenvalue weighted by Gasteiger charge is 2.07. The molecule has 0 saturated heterocycles. The van der Waals surface area contributed by atoms with Crippen LogP contribution < -0.4 is 10.1 Å². The van der Waals surface area contributed by atoms with Crippen LogP contribution in [0.4, 0.5) is 5.69 Å². The van der Waals surface area contributed by atoms with Crippen molar-refractivity contribution in [2.45, 2.75) is 11.8 Å². The first-order valence-electron chi connectivity index (χ1n) is 6.59. The Morgan fingerprint density at radius 2 is 1.90 bits per heavy atom. The molecule has 0 aliphatic rings. The zero-order valence-corrected chi connectivity index (χ0v) is 13.2. The molecule has 1 N–H and O–H groups in total. The highest BCUT2D eigenvalue weighted by atomic mass is 35.5. The summed E-state index contributed by atoms with van der Waals surface area (Å²) in [5.41, 5.74) is 0.814. The maximum atomic E-state index is 11.9. The standard InChI is InChI=1S/C16H16ClNO2S/c1-2-21-15-6-4-3-5-14(15)18-16(19)11-20-13-9-7-12(17)8-10-13/h3-10H,2,11H2,1H3,(H,18,19). The quantitative estimate of drug-likeness (QED) is 0.798. The molecule has 0 unspecified atom stereocenters. The SMILES string of the molecule is CCSc1ccccc1NC(=O)COc1ccc(Cl)cc1. The van der Waals surface area contributed by atoms with Crippen LogP contribution in [0, 0.1) is 0 Å². The van der Waals surface area contributed by atoms with Crippen molar-refractivity contribution < 1.29 is 9.53 Å². The van der Waals surface area contributed by atoms with E-state index in [9.17, 15) is 4.79 Å². The third-order valence-corrected chi connectivity index (χ3v) is 3.85. The number of carbonyl (C=O) groups excluding carboxylic acids is 1. The molecule has 110 valence electrons. The van der Waals surface area contributed by atoms with Crippen LogP contribution in [-0.4, -0.2) is 18.3 Å². The summed E-state index contributed by atoms with van der Waals surface area (Å²) in [6.45, 7) is 2.04. The number of ether oxygens (including phenoxy) is 1.